The maximum absolute atomic E-state index is 11.9. The van der Waals surface area contributed by atoms with E-state index in [9.17, 15) is 4.79 Å². The summed E-state index contributed by atoms with van der Waals surface area (Å²) in [5.74, 6) is 0.856. The van der Waals surface area contributed by atoms with E-state index in [1.54, 1.807) is 0 Å². The van der Waals surface area contributed by atoms with Crippen molar-refractivity contribution in [1.29, 1.82) is 0 Å². The second-order valence-electron chi connectivity index (χ2n) is 4.10. The topological polar surface area (TPSA) is 38.3 Å². The predicted molar refractivity (Wildman–Crippen MR) is 49.5 cm³/mol. The first kappa shape index (κ1) is 9.16. The molecule has 74 valence electrons. The molecule has 2 saturated heterocycles. The lowest BCUT2D eigenvalue weighted by Crippen LogP contribution is -2.32. The SMILES string of the molecule is CC1NCCC1C(=O)C1CCOC1. The van der Waals surface area contributed by atoms with E-state index in [-0.39, 0.29) is 11.8 Å². The summed E-state index contributed by atoms with van der Waals surface area (Å²) in [4.78, 5) is 11.9. The van der Waals surface area contributed by atoms with Crippen molar-refractivity contribution in [2.75, 3.05) is 19.8 Å². The number of hydrogen-bond donors (Lipinski definition) is 1. The van der Waals surface area contributed by atoms with Crippen LogP contribution in [0.15, 0.2) is 0 Å². The van der Waals surface area contributed by atoms with Gasteiger partial charge in [-0.15, -0.1) is 0 Å². The second-order valence-corrected chi connectivity index (χ2v) is 4.10. The van der Waals surface area contributed by atoms with E-state index in [0.717, 1.165) is 26.0 Å². The highest BCUT2D eigenvalue weighted by Gasteiger charge is 2.35. The van der Waals surface area contributed by atoms with Crippen molar-refractivity contribution >= 4 is 5.78 Å². The molecule has 13 heavy (non-hydrogen) atoms. The number of rotatable bonds is 2. The van der Waals surface area contributed by atoms with Gasteiger partial charge in [0, 0.05) is 24.5 Å². The van der Waals surface area contributed by atoms with Crippen LogP contribution in [0.3, 0.4) is 0 Å². The number of hydrogen-bond acceptors (Lipinski definition) is 3. The lowest BCUT2D eigenvalue weighted by molar-refractivity contribution is -0.126. The molecule has 0 aromatic rings. The summed E-state index contributed by atoms with van der Waals surface area (Å²) in [6.45, 7) is 4.52. The van der Waals surface area contributed by atoms with Gasteiger partial charge in [0.1, 0.15) is 5.78 Å². The Morgan fingerprint density at radius 3 is 2.85 bits per heavy atom. The molecule has 2 rings (SSSR count). The summed E-state index contributed by atoms with van der Waals surface area (Å²) < 4.78 is 5.23. The van der Waals surface area contributed by atoms with Crippen molar-refractivity contribution in [3.8, 4) is 0 Å². The zero-order valence-electron chi connectivity index (χ0n) is 8.08. The zero-order chi connectivity index (χ0) is 9.26. The third-order valence-electron chi connectivity index (χ3n) is 3.22. The van der Waals surface area contributed by atoms with Crippen LogP contribution in [0.4, 0.5) is 0 Å². The van der Waals surface area contributed by atoms with Crippen LogP contribution < -0.4 is 5.32 Å². The maximum atomic E-state index is 11.9. The molecular weight excluding hydrogens is 166 g/mol. The number of carbonyl (C=O) groups excluding carboxylic acids is 1. The molecule has 1 N–H and O–H groups in total. The Morgan fingerprint density at radius 1 is 1.46 bits per heavy atom. The van der Waals surface area contributed by atoms with Gasteiger partial charge in [0.25, 0.3) is 0 Å². The molecule has 0 saturated carbocycles. The van der Waals surface area contributed by atoms with E-state index in [1.165, 1.54) is 0 Å². The van der Waals surface area contributed by atoms with Crippen molar-refractivity contribution < 1.29 is 9.53 Å². The second kappa shape index (κ2) is 3.76. The van der Waals surface area contributed by atoms with Crippen molar-refractivity contribution in [2.45, 2.75) is 25.8 Å². The van der Waals surface area contributed by atoms with Crippen LogP contribution in [0, 0.1) is 11.8 Å². The third-order valence-corrected chi connectivity index (χ3v) is 3.22. The molecular formula is C10H17NO2. The zero-order valence-corrected chi connectivity index (χ0v) is 8.08. The van der Waals surface area contributed by atoms with Gasteiger partial charge >= 0.3 is 0 Å². The summed E-state index contributed by atoms with van der Waals surface area (Å²) in [6, 6.07) is 0.369. The molecule has 0 radical (unpaired) electrons. The molecule has 2 aliphatic heterocycles. The highest BCUT2D eigenvalue weighted by atomic mass is 16.5. The van der Waals surface area contributed by atoms with Crippen LogP contribution in [0.25, 0.3) is 0 Å². The molecule has 3 heteroatoms. The van der Waals surface area contributed by atoms with Gasteiger partial charge in [-0.3, -0.25) is 4.79 Å². The Balaban J connectivity index is 1.95. The number of Topliss-reactive ketones (excluding diaryl/α,β-unsaturated/α-hetero) is 1. The molecule has 0 aliphatic carbocycles. The first-order valence-electron chi connectivity index (χ1n) is 5.14. The van der Waals surface area contributed by atoms with Gasteiger partial charge in [-0.25, -0.2) is 0 Å². The maximum Gasteiger partial charge on any atom is 0.143 e. The minimum absolute atomic E-state index is 0.187. The fraction of sp³-hybridized carbons (Fsp3) is 0.900. The van der Waals surface area contributed by atoms with E-state index in [0.29, 0.717) is 18.4 Å². The van der Waals surface area contributed by atoms with Crippen molar-refractivity contribution in [3.05, 3.63) is 0 Å². The normalized spacial score (nSPS) is 39.6. The highest BCUT2D eigenvalue weighted by molar-refractivity contribution is 5.84. The van der Waals surface area contributed by atoms with E-state index in [1.807, 2.05) is 0 Å². The molecule has 0 amide bonds. The van der Waals surface area contributed by atoms with Crippen LogP contribution in [0.2, 0.25) is 0 Å². The van der Waals surface area contributed by atoms with Gasteiger partial charge in [0.15, 0.2) is 0 Å². The molecule has 0 bridgehead atoms. The summed E-state index contributed by atoms with van der Waals surface area (Å²) >= 11 is 0. The monoisotopic (exact) mass is 183 g/mol. The fourth-order valence-corrected chi connectivity index (χ4v) is 2.31. The Morgan fingerprint density at radius 2 is 2.31 bits per heavy atom. The van der Waals surface area contributed by atoms with Gasteiger partial charge in [0.05, 0.1) is 6.61 Å². The average molecular weight is 183 g/mol. The van der Waals surface area contributed by atoms with Crippen LogP contribution in [0.1, 0.15) is 19.8 Å². The van der Waals surface area contributed by atoms with Gasteiger partial charge in [-0.05, 0) is 26.3 Å². The quantitative estimate of drug-likeness (QED) is 0.681. The first-order valence-corrected chi connectivity index (χ1v) is 5.14. The molecule has 0 aromatic carbocycles. The van der Waals surface area contributed by atoms with E-state index in [4.69, 9.17) is 4.74 Å². The third kappa shape index (κ3) is 1.76. The van der Waals surface area contributed by atoms with Gasteiger partial charge in [0.2, 0.25) is 0 Å². The van der Waals surface area contributed by atoms with Crippen LogP contribution in [0.5, 0.6) is 0 Å². The Kier molecular flexibility index (Phi) is 2.65. The smallest absolute Gasteiger partial charge is 0.143 e. The first-order chi connectivity index (χ1) is 6.29. The minimum Gasteiger partial charge on any atom is -0.381 e. The molecule has 2 heterocycles. The van der Waals surface area contributed by atoms with Crippen molar-refractivity contribution in [2.24, 2.45) is 11.8 Å². The van der Waals surface area contributed by atoms with Crippen LogP contribution in [-0.2, 0) is 9.53 Å². The Bertz CT molecular complexity index is 199. The molecule has 0 spiro atoms. The minimum atomic E-state index is 0.187. The molecule has 0 aromatic heterocycles. The summed E-state index contributed by atoms with van der Waals surface area (Å²) in [6.07, 6.45) is 1.94. The van der Waals surface area contributed by atoms with Crippen LogP contribution >= 0.6 is 0 Å². The molecule has 3 unspecified atom stereocenters. The van der Waals surface area contributed by atoms with Crippen molar-refractivity contribution in [1.82, 2.24) is 5.32 Å². The molecule has 3 nitrogen and oxygen atoms in total. The lowest BCUT2D eigenvalue weighted by atomic mass is 9.88. The fourth-order valence-electron chi connectivity index (χ4n) is 2.31. The van der Waals surface area contributed by atoms with Crippen molar-refractivity contribution in [3.63, 3.8) is 0 Å². The number of nitrogens with one attached hydrogen (secondary N) is 1. The summed E-state index contributed by atoms with van der Waals surface area (Å²) in [5.41, 5.74) is 0. The highest BCUT2D eigenvalue weighted by Crippen LogP contribution is 2.24. The number of ketones is 1. The van der Waals surface area contributed by atoms with Gasteiger partial charge < -0.3 is 10.1 Å². The Labute approximate surface area is 78.8 Å². The largest absolute Gasteiger partial charge is 0.381 e. The lowest BCUT2D eigenvalue weighted by Gasteiger charge is -2.16. The van der Waals surface area contributed by atoms with E-state index < -0.39 is 0 Å². The van der Waals surface area contributed by atoms with E-state index >= 15 is 0 Å². The molecule has 3 atom stereocenters. The van der Waals surface area contributed by atoms with Gasteiger partial charge in [-0.2, -0.15) is 0 Å². The molecule has 2 fully saturated rings. The number of carbonyl (C=O) groups is 1. The number of ether oxygens (including phenoxy) is 1. The molecule has 2 aliphatic rings. The Hall–Kier alpha value is -0.410. The van der Waals surface area contributed by atoms with Crippen LogP contribution in [-0.4, -0.2) is 31.6 Å². The predicted octanol–water partition coefficient (Wildman–Crippen LogP) is 0.590. The standard InChI is InChI=1S/C10H17NO2/c1-7-9(2-4-11-7)10(12)8-3-5-13-6-8/h7-9,11H,2-6H2,1H3. The average Bonchev–Trinajstić information content (AvgIpc) is 2.72. The van der Waals surface area contributed by atoms with E-state index in [2.05, 4.69) is 12.2 Å². The summed E-state index contributed by atoms with van der Waals surface area (Å²) in [5, 5.41) is 3.31. The summed E-state index contributed by atoms with van der Waals surface area (Å²) in [7, 11) is 0. The van der Waals surface area contributed by atoms with Gasteiger partial charge in [-0.1, -0.05) is 0 Å².